The van der Waals surface area contributed by atoms with Crippen LogP contribution in [-0.4, -0.2) is 11.5 Å². The van der Waals surface area contributed by atoms with Gasteiger partial charge in [-0.25, -0.2) is 0 Å². The van der Waals surface area contributed by atoms with E-state index in [1.165, 1.54) is 11.1 Å². The van der Waals surface area contributed by atoms with Crippen molar-refractivity contribution in [1.82, 2.24) is 4.98 Å². The molecular formula is C11H16N2. The molecular weight excluding hydrogens is 160 g/mol. The first-order valence-corrected chi connectivity index (χ1v) is 4.54. The molecule has 0 atom stereocenters. The molecule has 0 spiro atoms. The summed E-state index contributed by atoms with van der Waals surface area (Å²) in [5.41, 5.74) is 8.84. The second-order valence-electron chi connectivity index (χ2n) is 3.19. The van der Waals surface area contributed by atoms with Gasteiger partial charge in [-0.2, -0.15) is 0 Å². The lowest BCUT2D eigenvalue weighted by molar-refractivity contribution is 1.01. The van der Waals surface area contributed by atoms with Crippen molar-refractivity contribution in [3.05, 3.63) is 35.2 Å². The second-order valence-corrected chi connectivity index (χ2v) is 3.19. The van der Waals surface area contributed by atoms with E-state index in [1.807, 2.05) is 19.2 Å². The van der Waals surface area contributed by atoms with Gasteiger partial charge in [-0.15, -0.1) is 0 Å². The average molecular weight is 176 g/mol. The van der Waals surface area contributed by atoms with Gasteiger partial charge in [0.2, 0.25) is 0 Å². The molecule has 1 aromatic rings. The van der Waals surface area contributed by atoms with Gasteiger partial charge in [-0.05, 0) is 44.0 Å². The number of aromatic nitrogens is 1. The summed E-state index contributed by atoms with van der Waals surface area (Å²) in [5.74, 6) is 0. The zero-order chi connectivity index (χ0) is 9.68. The Morgan fingerprint density at radius 3 is 2.85 bits per heavy atom. The molecule has 2 heteroatoms. The Morgan fingerprint density at radius 1 is 1.46 bits per heavy atom. The topological polar surface area (TPSA) is 38.9 Å². The summed E-state index contributed by atoms with van der Waals surface area (Å²) >= 11 is 0. The quantitative estimate of drug-likeness (QED) is 0.765. The molecule has 0 amide bonds. The fourth-order valence-corrected chi connectivity index (χ4v) is 1.19. The van der Waals surface area contributed by atoms with Crippen LogP contribution in [-0.2, 0) is 0 Å². The first kappa shape index (κ1) is 9.93. The molecule has 1 aromatic heterocycles. The Morgan fingerprint density at radius 2 is 2.23 bits per heavy atom. The lowest BCUT2D eigenvalue weighted by Gasteiger charge is -1.99. The molecule has 1 rings (SSSR count). The first-order valence-electron chi connectivity index (χ1n) is 4.54. The van der Waals surface area contributed by atoms with Crippen molar-refractivity contribution in [3.8, 4) is 0 Å². The summed E-state index contributed by atoms with van der Waals surface area (Å²) in [6.45, 7) is 4.82. The van der Waals surface area contributed by atoms with E-state index in [2.05, 4.69) is 24.1 Å². The van der Waals surface area contributed by atoms with Crippen molar-refractivity contribution in [3.63, 3.8) is 0 Å². The highest BCUT2D eigenvalue weighted by molar-refractivity contribution is 5.49. The standard InChI is InChI=1S/C11H16N2/c1-9-7-10(2)11(13-8-9)5-3-4-6-12/h3,5,7-8H,4,6,12H2,1-2H3. The molecule has 0 aliphatic carbocycles. The van der Waals surface area contributed by atoms with E-state index < -0.39 is 0 Å². The van der Waals surface area contributed by atoms with E-state index in [9.17, 15) is 0 Å². The van der Waals surface area contributed by atoms with Crippen LogP contribution in [0.1, 0.15) is 23.2 Å². The van der Waals surface area contributed by atoms with E-state index in [1.54, 1.807) is 0 Å². The molecule has 0 radical (unpaired) electrons. The highest BCUT2D eigenvalue weighted by atomic mass is 14.7. The van der Waals surface area contributed by atoms with Crippen LogP contribution < -0.4 is 5.73 Å². The van der Waals surface area contributed by atoms with Gasteiger partial charge in [0.25, 0.3) is 0 Å². The van der Waals surface area contributed by atoms with Crippen LogP contribution in [0, 0.1) is 13.8 Å². The van der Waals surface area contributed by atoms with Crippen molar-refractivity contribution in [1.29, 1.82) is 0 Å². The van der Waals surface area contributed by atoms with Crippen LogP contribution in [0.15, 0.2) is 18.3 Å². The summed E-state index contributed by atoms with van der Waals surface area (Å²) in [4.78, 5) is 4.32. The van der Waals surface area contributed by atoms with Crippen LogP contribution in [0.25, 0.3) is 6.08 Å². The van der Waals surface area contributed by atoms with Crippen molar-refractivity contribution < 1.29 is 0 Å². The lowest BCUT2D eigenvalue weighted by Crippen LogP contribution is -1.95. The first-order chi connectivity index (χ1) is 6.24. The molecule has 0 fully saturated rings. The van der Waals surface area contributed by atoms with Crippen molar-refractivity contribution in [2.75, 3.05) is 6.54 Å². The van der Waals surface area contributed by atoms with Gasteiger partial charge in [0.05, 0.1) is 5.69 Å². The summed E-state index contributed by atoms with van der Waals surface area (Å²) in [6, 6.07) is 2.13. The normalized spacial score (nSPS) is 11.0. The highest BCUT2D eigenvalue weighted by Gasteiger charge is 1.94. The van der Waals surface area contributed by atoms with Gasteiger partial charge in [0.1, 0.15) is 0 Å². The van der Waals surface area contributed by atoms with Crippen LogP contribution in [0.3, 0.4) is 0 Å². The Labute approximate surface area is 79.5 Å². The molecule has 0 saturated carbocycles. The highest BCUT2D eigenvalue weighted by Crippen LogP contribution is 2.08. The number of hydrogen-bond donors (Lipinski definition) is 1. The third-order valence-electron chi connectivity index (χ3n) is 1.86. The average Bonchev–Trinajstić information content (AvgIpc) is 2.09. The number of hydrogen-bond acceptors (Lipinski definition) is 2. The monoisotopic (exact) mass is 176 g/mol. The van der Waals surface area contributed by atoms with E-state index in [-0.39, 0.29) is 0 Å². The maximum Gasteiger partial charge on any atom is 0.0655 e. The van der Waals surface area contributed by atoms with Crippen LogP contribution in [0.4, 0.5) is 0 Å². The van der Waals surface area contributed by atoms with Gasteiger partial charge >= 0.3 is 0 Å². The summed E-state index contributed by atoms with van der Waals surface area (Å²) in [5, 5.41) is 0. The molecule has 1 heterocycles. The van der Waals surface area contributed by atoms with Gasteiger partial charge in [0.15, 0.2) is 0 Å². The van der Waals surface area contributed by atoms with Gasteiger partial charge in [-0.1, -0.05) is 12.1 Å². The van der Waals surface area contributed by atoms with Crippen molar-refractivity contribution in [2.45, 2.75) is 20.3 Å². The maximum absolute atomic E-state index is 5.38. The van der Waals surface area contributed by atoms with E-state index >= 15 is 0 Å². The fourth-order valence-electron chi connectivity index (χ4n) is 1.19. The predicted octanol–water partition coefficient (Wildman–Crippen LogP) is 2.06. The van der Waals surface area contributed by atoms with Crippen LogP contribution in [0.2, 0.25) is 0 Å². The molecule has 2 N–H and O–H groups in total. The van der Waals surface area contributed by atoms with Gasteiger partial charge in [0, 0.05) is 6.20 Å². The molecule has 0 unspecified atom stereocenters. The van der Waals surface area contributed by atoms with Gasteiger partial charge in [-0.3, -0.25) is 4.98 Å². The Balaban J connectivity index is 2.77. The second kappa shape index (κ2) is 4.77. The molecule has 0 saturated heterocycles. The van der Waals surface area contributed by atoms with E-state index in [0.29, 0.717) is 6.54 Å². The largest absolute Gasteiger partial charge is 0.330 e. The molecule has 70 valence electrons. The maximum atomic E-state index is 5.38. The molecule has 0 aromatic carbocycles. The van der Waals surface area contributed by atoms with Gasteiger partial charge < -0.3 is 5.73 Å². The third-order valence-corrected chi connectivity index (χ3v) is 1.86. The number of pyridine rings is 1. The Bertz CT molecular complexity index is 303. The minimum atomic E-state index is 0.696. The number of aryl methyl sites for hydroxylation is 2. The minimum Gasteiger partial charge on any atom is -0.330 e. The summed E-state index contributed by atoms with van der Waals surface area (Å²) in [7, 11) is 0. The van der Waals surface area contributed by atoms with E-state index in [4.69, 9.17) is 5.73 Å². The zero-order valence-electron chi connectivity index (χ0n) is 8.25. The molecule has 2 nitrogen and oxygen atoms in total. The van der Waals surface area contributed by atoms with Crippen LogP contribution >= 0.6 is 0 Å². The molecule has 13 heavy (non-hydrogen) atoms. The SMILES string of the molecule is Cc1cnc(C=CCCN)c(C)c1. The lowest BCUT2D eigenvalue weighted by atomic mass is 10.1. The number of nitrogens with two attached hydrogens (primary N) is 1. The smallest absolute Gasteiger partial charge is 0.0655 e. The predicted molar refractivity (Wildman–Crippen MR) is 56.4 cm³/mol. The Kier molecular flexibility index (Phi) is 3.65. The van der Waals surface area contributed by atoms with Crippen LogP contribution in [0.5, 0.6) is 0 Å². The number of nitrogens with zero attached hydrogens (tertiary/aromatic N) is 1. The van der Waals surface area contributed by atoms with Crippen molar-refractivity contribution in [2.24, 2.45) is 5.73 Å². The molecule has 0 bridgehead atoms. The summed E-state index contributed by atoms with van der Waals surface area (Å²) < 4.78 is 0. The molecule has 0 aliphatic rings. The minimum absolute atomic E-state index is 0.696. The number of rotatable bonds is 3. The van der Waals surface area contributed by atoms with E-state index in [0.717, 1.165) is 12.1 Å². The third kappa shape index (κ3) is 2.99. The van der Waals surface area contributed by atoms with Crippen molar-refractivity contribution >= 4 is 6.08 Å². The fraction of sp³-hybridized carbons (Fsp3) is 0.364. The Hall–Kier alpha value is -1.15. The molecule has 0 aliphatic heterocycles. The zero-order valence-corrected chi connectivity index (χ0v) is 8.25. The summed E-state index contributed by atoms with van der Waals surface area (Å²) in [6.07, 6.45) is 6.89.